The molecule has 8 heteroatoms. The second-order valence-corrected chi connectivity index (χ2v) is 7.80. The third-order valence-electron chi connectivity index (χ3n) is 4.11. The first-order valence-corrected chi connectivity index (χ1v) is 10.0. The minimum absolute atomic E-state index is 0.573. The maximum atomic E-state index is 10.9. The lowest BCUT2D eigenvalue weighted by Gasteiger charge is -2.13. The molecule has 3 aromatic rings. The van der Waals surface area contributed by atoms with Crippen LogP contribution in [-0.2, 0) is 10.5 Å². The quantitative estimate of drug-likeness (QED) is 0.562. The summed E-state index contributed by atoms with van der Waals surface area (Å²) in [4.78, 5) is 13.6. The van der Waals surface area contributed by atoms with E-state index in [1.165, 1.54) is 6.92 Å². The van der Waals surface area contributed by atoms with Crippen LogP contribution in [0, 0.1) is 13.8 Å². The van der Waals surface area contributed by atoms with Crippen molar-refractivity contribution in [2.75, 3.05) is 0 Å². The van der Waals surface area contributed by atoms with Crippen molar-refractivity contribution >= 4 is 29.3 Å². The summed E-state index contributed by atoms with van der Waals surface area (Å²) < 4.78 is 5.46. The van der Waals surface area contributed by atoms with E-state index in [2.05, 4.69) is 10.2 Å². The molecule has 0 amide bonds. The molecule has 0 aliphatic heterocycles. The fraction of sp³-hybridized carbons (Fsp3) is 0.250. The first-order valence-electron chi connectivity index (χ1n) is 8.65. The predicted octanol–water partition coefficient (Wildman–Crippen LogP) is 4.68. The maximum Gasteiger partial charge on any atom is 0.344 e. The third kappa shape index (κ3) is 4.85. The predicted molar refractivity (Wildman–Crippen MR) is 110 cm³/mol. The number of aromatic nitrogens is 3. The first-order chi connectivity index (χ1) is 13.3. The van der Waals surface area contributed by atoms with Crippen molar-refractivity contribution in [3.05, 3.63) is 64.4 Å². The Kier molecular flexibility index (Phi) is 6.26. The minimum atomic E-state index is -0.989. The smallest absolute Gasteiger partial charge is 0.344 e. The van der Waals surface area contributed by atoms with E-state index in [0.717, 1.165) is 27.5 Å². The van der Waals surface area contributed by atoms with E-state index in [4.69, 9.17) is 21.4 Å². The van der Waals surface area contributed by atoms with E-state index in [0.29, 0.717) is 16.5 Å². The van der Waals surface area contributed by atoms with Gasteiger partial charge in [0.15, 0.2) is 6.10 Å². The SMILES string of the molecule is Cc1cc(SCc2nn(-c3ccc(Cl)cc3)nc2C)ccc1OC(C)C(=O)O. The summed E-state index contributed by atoms with van der Waals surface area (Å²) in [6, 6.07) is 13.1. The summed E-state index contributed by atoms with van der Waals surface area (Å²) in [6.45, 7) is 5.35. The summed E-state index contributed by atoms with van der Waals surface area (Å²) in [5.74, 6) is 0.256. The van der Waals surface area contributed by atoms with Crippen molar-refractivity contribution in [3.63, 3.8) is 0 Å². The van der Waals surface area contributed by atoms with E-state index in [-0.39, 0.29) is 0 Å². The molecular formula is C20H20ClN3O3S. The monoisotopic (exact) mass is 417 g/mol. The van der Waals surface area contributed by atoms with Gasteiger partial charge in [-0.2, -0.15) is 15.0 Å². The largest absolute Gasteiger partial charge is 0.479 e. The molecule has 0 radical (unpaired) electrons. The molecule has 2 aromatic carbocycles. The highest BCUT2D eigenvalue weighted by atomic mass is 35.5. The zero-order valence-corrected chi connectivity index (χ0v) is 17.3. The number of thioether (sulfide) groups is 1. The van der Waals surface area contributed by atoms with Crippen LogP contribution in [0.25, 0.3) is 5.69 Å². The lowest BCUT2D eigenvalue weighted by Crippen LogP contribution is -2.23. The number of carbonyl (C=O) groups is 1. The molecule has 1 aromatic heterocycles. The molecule has 0 fully saturated rings. The molecule has 1 atom stereocenters. The van der Waals surface area contributed by atoms with E-state index >= 15 is 0 Å². The Labute approximate surface area is 172 Å². The van der Waals surface area contributed by atoms with Crippen LogP contribution >= 0.6 is 23.4 Å². The van der Waals surface area contributed by atoms with Crippen LogP contribution in [0.15, 0.2) is 47.4 Å². The van der Waals surface area contributed by atoms with E-state index in [1.807, 2.05) is 50.2 Å². The van der Waals surface area contributed by atoms with Crippen molar-refractivity contribution in [2.45, 2.75) is 37.5 Å². The highest BCUT2D eigenvalue weighted by Crippen LogP contribution is 2.29. The van der Waals surface area contributed by atoms with Crippen LogP contribution in [-0.4, -0.2) is 32.2 Å². The standard InChI is InChI=1S/C20H20ClN3O3S/c1-12-10-17(8-9-19(12)27-14(3)20(25)26)28-11-18-13(2)22-24(23-18)16-6-4-15(21)5-7-16/h4-10,14H,11H2,1-3H3,(H,25,26). The number of halogens is 1. The highest BCUT2D eigenvalue weighted by molar-refractivity contribution is 7.98. The van der Waals surface area contributed by atoms with Gasteiger partial charge < -0.3 is 9.84 Å². The topological polar surface area (TPSA) is 77.2 Å². The molecule has 1 N–H and O–H groups in total. The molecule has 0 bridgehead atoms. The lowest BCUT2D eigenvalue weighted by molar-refractivity contribution is -0.144. The number of carboxylic acid groups (broad SMARTS) is 1. The molecule has 146 valence electrons. The number of aryl methyl sites for hydroxylation is 2. The number of carboxylic acids is 1. The average Bonchev–Trinajstić information content (AvgIpc) is 3.03. The van der Waals surface area contributed by atoms with Crippen molar-refractivity contribution < 1.29 is 14.6 Å². The van der Waals surface area contributed by atoms with Gasteiger partial charge in [-0.3, -0.25) is 0 Å². The van der Waals surface area contributed by atoms with Gasteiger partial charge in [-0.05, 0) is 68.8 Å². The lowest BCUT2D eigenvalue weighted by atomic mass is 10.2. The number of hydrogen-bond acceptors (Lipinski definition) is 5. The Hall–Kier alpha value is -2.51. The zero-order chi connectivity index (χ0) is 20.3. The molecule has 1 heterocycles. The van der Waals surface area contributed by atoms with Gasteiger partial charge in [-0.25, -0.2) is 4.79 Å². The van der Waals surface area contributed by atoms with E-state index in [9.17, 15) is 4.79 Å². The molecule has 0 saturated heterocycles. The van der Waals surface area contributed by atoms with Gasteiger partial charge in [0.1, 0.15) is 5.75 Å². The van der Waals surface area contributed by atoms with Crippen LogP contribution in [0.1, 0.15) is 23.9 Å². The molecule has 0 aliphatic carbocycles. The van der Waals surface area contributed by atoms with Gasteiger partial charge in [0, 0.05) is 15.7 Å². The summed E-state index contributed by atoms with van der Waals surface area (Å²) >= 11 is 7.57. The van der Waals surface area contributed by atoms with Gasteiger partial charge in [0.25, 0.3) is 0 Å². The van der Waals surface area contributed by atoms with Gasteiger partial charge >= 0.3 is 5.97 Å². The van der Waals surface area contributed by atoms with Gasteiger partial charge in [-0.15, -0.1) is 11.8 Å². The van der Waals surface area contributed by atoms with E-state index < -0.39 is 12.1 Å². The third-order valence-corrected chi connectivity index (χ3v) is 5.37. The maximum absolute atomic E-state index is 10.9. The molecule has 28 heavy (non-hydrogen) atoms. The normalized spacial score (nSPS) is 12.0. The Morgan fingerprint density at radius 1 is 1.21 bits per heavy atom. The number of nitrogens with zero attached hydrogens (tertiary/aromatic N) is 3. The second-order valence-electron chi connectivity index (χ2n) is 6.31. The van der Waals surface area contributed by atoms with Crippen LogP contribution in [0.3, 0.4) is 0 Å². The molecule has 1 unspecified atom stereocenters. The first kappa shape index (κ1) is 20.2. The molecule has 0 aliphatic rings. The Bertz CT molecular complexity index is 989. The summed E-state index contributed by atoms with van der Waals surface area (Å²) in [5, 5.41) is 18.7. The molecule has 0 spiro atoms. The van der Waals surface area contributed by atoms with Crippen LogP contribution < -0.4 is 4.74 Å². The van der Waals surface area contributed by atoms with Crippen molar-refractivity contribution in [2.24, 2.45) is 0 Å². The minimum Gasteiger partial charge on any atom is -0.479 e. The number of ether oxygens (including phenoxy) is 1. The fourth-order valence-electron chi connectivity index (χ4n) is 2.47. The Balaban J connectivity index is 1.68. The fourth-order valence-corrected chi connectivity index (χ4v) is 3.59. The second kappa shape index (κ2) is 8.67. The average molecular weight is 418 g/mol. The molecule has 6 nitrogen and oxygen atoms in total. The summed E-state index contributed by atoms with van der Waals surface area (Å²) in [6.07, 6.45) is -0.886. The number of hydrogen-bond donors (Lipinski definition) is 1. The van der Waals surface area contributed by atoms with Gasteiger partial charge in [-0.1, -0.05) is 11.6 Å². The van der Waals surface area contributed by atoms with Gasteiger partial charge in [0.2, 0.25) is 0 Å². The number of aliphatic carboxylic acids is 1. The summed E-state index contributed by atoms with van der Waals surface area (Å²) in [5.41, 5.74) is 3.51. The number of benzene rings is 2. The van der Waals surface area contributed by atoms with Crippen molar-refractivity contribution in [3.8, 4) is 11.4 Å². The zero-order valence-electron chi connectivity index (χ0n) is 15.7. The van der Waals surface area contributed by atoms with E-state index in [1.54, 1.807) is 22.6 Å². The number of rotatable bonds is 7. The molecule has 3 rings (SSSR count). The van der Waals surface area contributed by atoms with Crippen molar-refractivity contribution in [1.82, 2.24) is 15.0 Å². The van der Waals surface area contributed by atoms with Crippen molar-refractivity contribution in [1.29, 1.82) is 0 Å². The molecule has 0 saturated carbocycles. The summed E-state index contributed by atoms with van der Waals surface area (Å²) in [7, 11) is 0. The van der Waals surface area contributed by atoms with Gasteiger partial charge in [0.05, 0.1) is 17.1 Å². The Morgan fingerprint density at radius 2 is 1.93 bits per heavy atom. The Morgan fingerprint density at radius 3 is 2.57 bits per heavy atom. The van der Waals surface area contributed by atoms with Crippen LogP contribution in [0.4, 0.5) is 0 Å². The highest BCUT2D eigenvalue weighted by Gasteiger charge is 2.14. The van der Waals surface area contributed by atoms with Crippen LogP contribution in [0.2, 0.25) is 5.02 Å². The van der Waals surface area contributed by atoms with Crippen LogP contribution in [0.5, 0.6) is 5.75 Å². The molecular weight excluding hydrogens is 398 g/mol.